The van der Waals surface area contributed by atoms with Gasteiger partial charge in [0.05, 0.1) is 12.9 Å². The molecule has 5 nitrogen and oxygen atoms in total. The average Bonchev–Trinajstić information content (AvgIpc) is 2.80. The number of hydrogen-bond acceptors (Lipinski definition) is 4. The second-order valence-corrected chi connectivity index (χ2v) is 9.02. The first-order valence-corrected chi connectivity index (χ1v) is 12.4. The van der Waals surface area contributed by atoms with Crippen molar-refractivity contribution in [1.82, 2.24) is 10.2 Å². The predicted octanol–water partition coefficient (Wildman–Crippen LogP) is 4.96. The Hall–Kier alpha value is -2.47. The van der Waals surface area contributed by atoms with Crippen LogP contribution in [0.15, 0.2) is 48.5 Å². The molecular weight excluding hydrogens is 420 g/mol. The lowest BCUT2D eigenvalue weighted by Gasteiger charge is -2.32. The van der Waals surface area contributed by atoms with E-state index in [-0.39, 0.29) is 17.9 Å². The van der Waals surface area contributed by atoms with E-state index in [1.54, 1.807) is 23.8 Å². The van der Waals surface area contributed by atoms with Gasteiger partial charge in [0.25, 0.3) is 0 Å². The molecule has 0 bridgehead atoms. The van der Waals surface area contributed by atoms with Gasteiger partial charge in [-0.3, -0.25) is 9.59 Å². The van der Waals surface area contributed by atoms with Crippen molar-refractivity contribution in [1.29, 1.82) is 0 Å². The number of carbonyl (C=O) groups is 2. The van der Waals surface area contributed by atoms with Crippen LogP contribution in [0.1, 0.15) is 50.3 Å². The van der Waals surface area contributed by atoms with Gasteiger partial charge in [0.2, 0.25) is 11.8 Å². The molecule has 2 aromatic rings. The first-order chi connectivity index (χ1) is 15.4. The zero-order valence-corrected chi connectivity index (χ0v) is 20.7. The summed E-state index contributed by atoms with van der Waals surface area (Å²) in [7, 11) is 1.65. The molecule has 0 fully saturated rings. The Kier molecular flexibility index (Phi) is 10.6. The van der Waals surface area contributed by atoms with Crippen LogP contribution in [0.5, 0.6) is 5.75 Å². The SMILES string of the molecule is CCC(C)NC(=O)C(CC)N(Cc1ccccc1C)C(=O)CSCc1ccc(OC)cc1. The number of ether oxygens (including phenoxy) is 1. The highest BCUT2D eigenvalue weighted by Crippen LogP contribution is 2.20. The van der Waals surface area contributed by atoms with E-state index in [4.69, 9.17) is 4.74 Å². The molecule has 0 radical (unpaired) electrons. The molecule has 0 saturated heterocycles. The molecule has 0 spiro atoms. The summed E-state index contributed by atoms with van der Waals surface area (Å²) in [4.78, 5) is 28.1. The van der Waals surface area contributed by atoms with Gasteiger partial charge in [0.15, 0.2) is 0 Å². The summed E-state index contributed by atoms with van der Waals surface area (Å²) >= 11 is 1.57. The maximum absolute atomic E-state index is 13.3. The fourth-order valence-corrected chi connectivity index (χ4v) is 4.26. The van der Waals surface area contributed by atoms with Crippen molar-refractivity contribution in [2.24, 2.45) is 0 Å². The highest BCUT2D eigenvalue weighted by Gasteiger charge is 2.29. The quantitative estimate of drug-likeness (QED) is 0.490. The number of hydrogen-bond donors (Lipinski definition) is 1. The number of nitrogens with zero attached hydrogens (tertiary/aromatic N) is 1. The number of thioether (sulfide) groups is 1. The van der Waals surface area contributed by atoms with Crippen LogP contribution in [0.4, 0.5) is 0 Å². The van der Waals surface area contributed by atoms with Gasteiger partial charge in [-0.15, -0.1) is 11.8 Å². The maximum atomic E-state index is 13.3. The van der Waals surface area contributed by atoms with Crippen LogP contribution >= 0.6 is 11.8 Å². The molecule has 1 N–H and O–H groups in total. The van der Waals surface area contributed by atoms with Crippen molar-refractivity contribution < 1.29 is 14.3 Å². The van der Waals surface area contributed by atoms with Crippen molar-refractivity contribution in [3.05, 3.63) is 65.2 Å². The molecule has 0 aliphatic carbocycles. The highest BCUT2D eigenvalue weighted by molar-refractivity contribution is 7.99. The van der Waals surface area contributed by atoms with E-state index >= 15 is 0 Å². The predicted molar refractivity (Wildman–Crippen MR) is 133 cm³/mol. The first-order valence-electron chi connectivity index (χ1n) is 11.2. The molecule has 32 heavy (non-hydrogen) atoms. The maximum Gasteiger partial charge on any atom is 0.243 e. The summed E-state index contributed by atoms with van der Waals surface area (Å²) in [5.74, 6) is 1.77. The summed E-state index contributed by atoms with van der Waals surface area (Å²) in [5, 5.41) is 3.06. The molecule has 174 valence electrons. The standard InChI is InChI=1S/C26H36N2O3S/c1-6-20(4)27-26(30)24(7-2)28(16-22-11-9-8-10-19(22)3)25(29)18-32-17-21-12-14-23(31-5)15-13-21/h8-15,20,24H,6-7,16-18H2,1-5H3,(H,27,30). The smallest absolute Gasteiger partial charge is 0.243 e. The van der Waals surface area contributed by atoms with Crippen LogP contribution in [0.3, 0.4) is 0 Å². The minimum Gasteiger partial charge on any atom is -0.497 e. The highest BCUT2D eigenvalue weighted by atomic mass is 32.2. The van der Waals surface area contributed by atoms with E-state index in [2.05, 4.69) is 5.32 Å². The lowest BCUT2D eigenvalue weighted by molar-refractivity contribution is -0.139. The summed E-state index contributed by atoms with van der Waals surface area (Å²) in [6.45, 7) is 8.46. The molecule has 0 aliphatic rings. The van der Waals surface area contributed by atoms with Gasteiger partial charge in [-0.25, -0.2) is 0 Å². The topological polar surface area (TPSA) is 58.6 Å². The van der Waals surface area contributed by atoms with E-state index in [1.165, 1.54) is 0 Å². The second-order valence-electron chi connectivity index (χ2n) is 8.03. The molecule has 2 amide bonds. The summed E-state index contributed by atoms with van der Waals surface area (Å²) in [5.41, 5.74) is 3.32. The van der Waals surface area contributed by atoms with E-state index in [0.29, 0.717) is 18.7 Å². The molecule has 0 aromatic heterocycles. The van der Waals surface area contributed by atoms with Crippen LogP contribution in [-0.2, 0) is 21.9 Å². The average molecular weight is 457 g/mol. The van der Waals surface area contributed by atoms with Crippen molar-refractivity contribution in [3.63, 3.8) is 0 Å². The third kappa shape index (κ3) is 7.59. The molecule has 2 unspecified atom stereocenters. The summed E-state index contributed by atoms with van der Waals surface area (Å²) in [6.07, 6.45) is 1.43. The van der Waals surface area contributed by atoms with E-state index < -0.39 is 6.04 Å². The monoisotopic (exact) mass is 456 g/mol. The van der Waals surface area contributed by atoms with Gasteiger partial charge in [-0.2, -0.15) is 0 Å². The minimum absolute atomic E-state index is 0.0158. The third-order valence-corrected chi connectivity index (χ3v) is 6.63. The third-order valence-electron chi connectivity index (χ3n) is 5.64. The number of methoxy groups -OCH3 is 1. The van der Waals surface area contributed by atoms with Crippen LogP contribution in [-0.4, -0.2) is 41.7 Å². The summed E-state index contributed by atoms with van der Waals surface area (Å²) < 4.78 is 5.20. The first kappa shape index (κ1) is 25.8. The van der Waals surface area contributed by atoms with Crippen molar-refractivity contribution in [3.8, 4) is 5.75 Å². The number of aryl methyl sites for hydroxylation is 1. The second kappa shape index (κ2) is 13.2. The number of amides is 2. The van der Waals surface area contributed by atoms with Crippen LogP contribution in [0, 0.1) is 6.92 Å². The Morgan fingerprint density at radius 3 is 2.34 bits per heavy atom. The lowest BCUT2D eigenvalue weighted by Crippen LogP contribution is -2.51. The number of rotatable bonds is 12. The van der Waals surface area contributed by atoms with E-state index in [9.17, 15) is 9.59 Å². The molecule has 2 rings (SSSR count). The Morgan fingerprint density at radius 2 is 1.75 bits per heavy atom. The Balaban J connectivity index is 2.13. The molecule has 0 heterocycles. The Labute approximate surface area is 196 Å². The number of nitrogens with one attached hydrogen (secondary N) is 1. The fourth-order valence-electron chi connectivity index (χ4n) is 3.39. The molecule has 0 aliphatic heterocycles. The zero-order valence-electron chi connectivity index (χ0n) is 19.9. The normalized spacial score (nSPS) is 12.7. The largest absolute Gasteiger partial charge is 0.497 e. The number of benzene rings is 2. The van der Waals surface area contributed by atoms with Gasteiger partial charge in [-0.1, -0.05) is 50.2 Å². The van der Waals surface area contributed by atoms with Crippen LogP contribution < -0.4 is 10.1 Å². The Morgan fingerprint density at radius 1 is 1.06 bits per heavy atom. The van der Waals surface area contributed by atoms with Gasteiger partial charge in [0, 0.05) is 18.3 Å². The summed E-state index contributed by atoms with van der Waals surface area (Å²) in [6, 6.07) is 15.5. The van der Waals surface area contributed by atoms with Crippen LogP contribution in [0.25, 0.3) is 0 Å². The van der Waals surface area contributed by atoms with Gasteiger partial charge in [-0.05, 0) is 55.5 Å². The number of carbonyl (C=O) groups excluding carboxylic acids is 2. The van der Waals surface area contributed by atoms with Crippen LogP contribution in [0.2, 0.25) is 0 Å². The van der Waals surface area contributed by atoms with Gasteiger partial charge in [0.1, 0.15) is 11.8 Å². The fraction of sp³-hybridized carbons (Fsp3) is 0.462. The molecule has 0 saturated carbocycles. The molecule has 2 atom stereocenters. The Bertz CT molecular complexity index is 870. The van der Waals surface area contributed by atoms with Gasteiger partial charge < -0.3 is 15.0 Å². The van der Waals surface area contributed by atoms with E-state index in [0.717, 1.165) is 34.6 Å². The van der Waals surface area contributed by atoms with Crippen molar-refractivity contribution in [2.45, 2.75) is 64.9 Å². The lowest BCUT2D eigenvalue weighted by atomic mass is 10.1. The molecular formula is C26H36N2O3S. The molecule has 2 aromatic carbocycles. The van der Waals surface area contributed by atoms with E-state index in [1.807, 2.05) is 76.2 Å². The van der Waals surface area contributed by atoms with Crippen molar-refractivity contribution >= 4 is 23.6 Å². The zero-order chi connectivity index (χ0) is 23.5. The van der Waals surface area contributed by atoms with Gasteiger partial charge >= 0.3 is 0 Å². The molecule has 6 heteroatoms. The van der Waals surface area contributed by atoms with Crippen molar-refractivity contribution in [2.75, 3.05) is 12.9 Å². The minimum atomic E-state index is -0.488.